The fourth-order valence-electron chi connectivity index (χ4n) is 1.82. The lowest BCUT2D eigenvalue weighted by Gasteiger charge is -2.07. The van der Waals surface area contributed by atoms with E-state index >= 15 is 0 Å². The third-order valence-corrected chi connectivity index (χ3v) is 3.18. The van der Waals surface area contributed by atoms with Gasteiger partial charge in [0, 0.05) is 17.0 Å². The van der Waals surface area contributed by atoms with Gasteiger partial charge in [-0.1, -0.05) is 25.4 Å². The molecule has 1 aromatic heterocycles. The molecule has 0 fully saturated rings. The third kappa shape index (κ3) is 3.39. The molecule has 5 heteroatoms. The quantitative estimate of drug-likeness (QED) is 0.881. The second kappa shape index (κ2) is 6.09. The Bertz CT molecular complexity index is 691. The first kappa shape index (κ1) is 14.6. The van der Waals surface area contributed by atoms with E-state index in [1.807, 2.05) is 0 Å². The topological polar surface area (TPSA) is 59.3 Å². The molecular weight excluding hydrogens is 278 g/mol. The fraction of sp³-hybridized carbons (Fsp3) is 0.333. The zero-order chi connectivity index (χ0) is 14.7. The molecule has 0 saturated heterocycles. The van der Waals surface area contributed by atoms with Crippen LogP contribution in [0.25, 0.3) is 11.0 Å². The highest BCUT2D eigenvalue weighted by atomic mass is 35.5. The standard InChI is InChI=1S/C15H16ClNO3/c1-9(2)5-6-17-14(18)12-8-10-7-11(16)3-4-13(10)20-15(12)19/h3-4,7-9H,5-6H2,1-2H3,(H,17,18). The largest absolute Gasteiger partial charge is 0.422 e. The Morgan fingerprint density at radius 2 is 2.10 bits per heavy atom. The average molecular weight is 294 g/mol. The summed E-state index contributed by atoms with van der Waals surface area (Å²) >= 11 is 5.89. The highest BCUT2D eigenvalue weighted by Crippen LogP contribution is 2.18. The molecule has 1 heterocycles. The van der Waals surface area contributed by atoms with Crippen LogP contribution in [0.15, 0.2) is 33.5 Å². The van der Waals surface area contributed by atoms with E-state index < -0.39 is 11.5 Å². The predicted octanol–water partition coefficient (Wildman–Crippen LogP) is 3.22. The SMILES string of the molecule is CC(C)CCNC(=O)c1cc2cc(Cl)ccc2oc1=O. The van der Waals surface area contributed by atoms with Gasteiger partial charge in [-0.25, -0.2) is 4.79 Å². The minimum atomic E-state index is -0.637. The third-order valence-electron chi connectivity index (χ3n) is 2.95. The van der Waals surface area contributed by atoms with Crippen LogP contribution in [-0.4, -0.2) is 12.5 Å². The predicted molar refractivity (Wildman–Crippen MR) is 79.3 cm³/mol. The highest BCUT2D eigenvalue weighted by molar-refractivity contribution is 6.31. The molecule has 0 spiro atoms. The van der Waals surface area contributed by atoms with Crippen molar-refractivity contribution in [3.05, 3.63) is 45.3 Å². The van der Waals surface area contributed by atoms with Crippen molar-refractivity contribution in [2.75, 3.05) is 6.54 Å². The van der Waals surface area contributed by atoms with Gasteiger partial charge in [0.2, 0.25) is 0 Å². The van der Waals surface area contributed by atoms with Crippen LogP contribution in [0.4, 0.5) is 0 Å². The molecule has 0 aliphatic heterocycles. The van der Waals surface area contributed by atoms with E-state index in [-0.39, 0.29) is 5.56 Å². The number of carbonyl (C=O) groups is 1. The Morgan fingerprint density at radius 3 is 2.80 bits per heavy atom. The van der Waals surface area contributed by atoms with Gasteiger partial charge in [0.05, 0.1) is 0 Å². The molecule has 0 unspecified atom stereocenters. The Morgan fingerprint density at radius 1 is 1.35 bits per heavy atom. The van der Waals surface area contributed by atoms with Crippen LogP contribution in [-0.2, 0) is 0 Å². The molecular formula is C15H16ClNO3. The van der Waals surface area contributed by atoms with Crippen LogP contribution in [0.1, 0.15) is 30.6 Å². The van der Waals surface area contributed by atoms with E-state index in [9.17, 15) is 9.59 Å². The summed E-state index contributed by atoms with van der Waals surface area (Å²) in [7, 11) is 0. The number of amides is 1. The molecule has 106 valence electrons. The number of halogens is 1. The average Bonchev–Trinajstić information content (AvgIpc) is 2.38. The van der Waals surface area contributed by atoms with Gasteiger partial charge in [-0.2, -0.15) is 0 Å². The molecule has 0 aliphatic carbocycles. The van der Waals surface area contributed by atoms with Crippen LogP contribution < -0.4 is 10.9 Å². The number of nitrogens with one attached hydrogen (secondary N) is 1. The summed E-state index contributed by atoms with van der Waals surface area (Å²) in [5.74, 6) is 0.0726. The van der Waals surface area contributed by atoms with Crippen LogP contribution >= 0.6 is 11.6 Å². The van der Waals surface area contributed by atoms with Gasteiger partial charge in [0.1, 0.15) is 11.1 Å². The molecule has 2 rings (SSSR count). The summed E-state index contributed by atoms with van der Waals surface area (Å²) in [6.07, 6.45) is 0.858. The van der Waals surface area contributed by atoms with Crippen molar-refractivity contribution >= 4 is 28.5 Å². The van der Waals surface area contributed by atoms with Crippen LogP contribution in [0, 0.1) is 5.92 Å². The van der Waals surface area contributed by atoms with Gasteiger partial charge >= 0.3 is 5.63 Å². The number of fused-ring (bicyclic) bond motifs is 1. The molecule has 1 N–H and O–H groups in total. The Labute approximate surface area is 121 Å². The monoisotopic (exact) mass is 293 g/mol. The van der Waals surface area contributed by atoms with E-state index in [4.69, 9.17) is 16.0 Å². The summed E-state index contributed by atoms with van der Waals surface area (Å²) in [5, 5.41) is 3.87. The van der Waals surface area contributed by atoms with Crippen molar-refractivity contribution in [3.63, 3.8) is 0 Å². The smallest absolute Gasteiger partial charge is 0.349 e. The van der Waals surface area contributed by atoms with Crippen molar-refractivity contribution in [2.45, 2.75) is 20.3 Å². The van der Waals surface area contributed by atoms with Crippen LogP contribution in [0.2, 0.25) is 5.02 Å². The molecule has 0 radical (unpaired) electrons. The minimum absolute atomic E-state index is 0.00326. The maximum Gasteiger partial charge on any atom is 0.349 e. The van der Waals surface area contributed by atoms with Gasteiger partial charge in [-0.05, 0) is 36.6 Å². The van der Waals surface area contributed by atoms with E-state index in [0.717, 1.165) is 6.42 Å². The molecule has 0 atom stereocenters. The van der Waals surface area contributed by atoms with Gasteiger partial charge in [-0.3, -0.25) is 4.79 Å². The van der Waals surface area contributed by atoms with Crippen molar-refractivity contribution in [1.29, 1.82) is 0 Å². The molecule has 4 nitrogen and oxygen atoms in total. The summed E-state index contributed by atoms with van der Waals surface area (Å²) in [6.45, 7) is 4.67. The van der Waals surface area contributed by atoms with Gasteiger partial charge < -0.3 is 9.73 Å². The summed E-state index contributed by atoms with van der Waals surface area (Å²) in [4.78, 5) is 23.8. The maximum absolute atomic E-state index is 12.0. The molecule has 20 heavy (non-hydrogen) atoms. The number of hydrogen-bond donors (Lipinski definition) is 1. The van der Waals surface area contributed by atoms with E-state index in [2.05, 4.69) is 19.2 Å². The van der Waals surface area contributed by atoms with Crippen molar-refractivity contribution in [3.8, 4) is 0 Å². The second-order valence-corrected chi connectivity index (χ2v) is 5.50. The van der Waals surface area contributed by atoms with E-state index in [0.29, 0.717) is 28.5 Å². The summed E-state index contributed by atoms with van der Waals surface area (Å²) in [5.41, 5.74) is -0.219. The summed E-state index contributed by atoms with van der Waals surface area (Å²) < 4.78 is 5.12. The van der Waals surface area contributed by atoms with Crippen molar-refractivity contribution in [1.82, 2.24) is 5.32 Å². The maximum atomic E-state index is 12.0. The number of carbonyl (C=O) groups excluding carboxylic acids is 1. The lowest BCUT2D eigenvalue weighted by molar-refractivity contribution is 0.0948. The zero-order valence-corrected chi connectivity index (χ0v) is 12.2. The highest BCUT2D eigenvalue weighted by Gasteiger charge is 2.13. The first-order valence-corrected chi connectivity index (χ1v) is 6.87. The second-order valence-electron chi connectivity index (χ2n) is 5.07. The molecule has 1 amide bonds. The van der Waals surface area contributed by atoms with Crippen molar-refractivity contribution in [2.24, 2.45) is 5.92 Å². The normalized spacial score (nSPS) is 11.0. The van der Waals surface area contributed by atoms with E-state index in [1.54, 1.807) is 18.2 Å². The first-order valence-electron chi connectivity index (χ1n) is 6.49. The lowest BCUT2D eigenvalue weighted by atomic mass is 10.1. The Hall–Kier alpha value is -1.81. The Balaban J connectivity index is 2.27. The fourth-order valence-corrected chi connectivity index (χ4v) is 2.00. The van der Waals surface area contributed by atoms with Gasteiger partial charge in [0.25, 0.3) is 5.91 Å². The number of hydrogen-bond acceptors (Lipinski definition) is 3. The van der Waals surface area contributed by atoms with Crippen LogP contribution in [0.5, 0.6) is 0 Å². The van der Waals surface area contributed by atoms with Gasteiger partial charge in [0.15, 0.2) is 0 Å². The lowest BCUT2D eigenvalue weighted by Crippen LogP contribution is -2.29. The molecule has 0 saturated carbocycles. The molecule has 0 aliphatic rings. The van der Waals surface area contributed by atoms with Crippen molar-refractivity contribution < 1.29 is 9.21 Å². The zero-order valence-electron chi connectivity index (χ0n) is 11.4. The molecule has 1 aromatic carbocycles. The number of benzene rings is 1. The van der Waals surface area contributed by atoms with Gasteiger partial charge in [-0.15, -0.1) is 0 Å². The van der Waals surface area contributed by atoms with Crippen LogP contribution in [0.3, 0.4) is 0 Å². The summed E-state index contributed by atoms with van der Waals surface area (Å²) in [6, 6.07) is 6.41. The van der Waals surface area contributed by atoms with E-state index in [1.165, 1.54) is 6.07 Å². The number of rotatable bonds is 4. The molecule has 0 bridgehead atoms. The minimum Gasteiger partial charge on any atom is -0.422 e. The molecule has 2 aromatic rings. The first-order chi connectivity index (χ1) is 9.47. The Kier molecular flexibility index (Phi) is 4.45.